The molecule has 2 aromatic rings. The van der Waals surface area contributed by atoms with Crippen LogP contribution in [0.3, 0.4) is 0 Å². The van der Waals surface area contributed by atoms with E-state index in [1.54, 1.807) is 20.9 Å². The number of hydrogen-bond acceptors (Lipinski definition) is 2. The number of pyridine rings is 1. The second kappa shape index (κ2) is 3.95. The number of halogens is 2. The van der Waals surface area contributed by atoms with Gasteiger partial charge in [0.05, 0.1) is 11.1 Å². The first-order valence-corrected chi connectivity index (χ1v) is 5.40. The van der Waals surface area contributed by atoms with Gasteiger partial charge in [0.15, 0.2) is 0 Å². The summed E-state index contributed by atoms with van der Waals surface area (Å²) in [5.74, 6) is -0.903. The van der Waals surface area contributed by atoms with E-state index in [4.69, 9.17) is 0 Å². The fraction of sp³-hybridized carbons (Fsp3) is 0.308. The van der Waals surface area contributed by atoms with E-state index in [0.717, 1.165) is 5.56 Å². The van der Waals surface area contributed by atoms with Crippen molar-refractivity contribution in [1.82, 2.24) is 4.98 Å². The largest absolute Gasteiger partial charge is 0.387 e. The molecule has 1 aromatic carbocycles. The Balaban J connectivity index is 3.06. The van der Waals surface area contributed by atoms with Gasteiger partial charge in [0.1, 0.15) is 17.2 Å². The minimum absolute atomic E-state index is 0.0838. The van der Waals surface area contributed by atoms with Crippen LogP contribution in [-0.4, -0.2) is 12.0 Å². The van der Waals surface area contributed by atoms with Crippen molar-refractivity contribution in [2.24, 2.45) is 0 Å². The molecule has 4 heteroatoms. The van der Waals surface area contributed by atoms with Crippen molar-refractivity contribution in [1.29, 1.82) is 0 Å². The lowest BCUT2D eigenvalue weighted by molar-refractivity contribution is 0.607. The lowest BCUT2D eigenvalue weighted by atomic mass is 10.0. The summed E-state index contributed by atoms with van der Waals surface area (Å²) in [5.41, 5.74) is 2.51. The molecule has 1 aromatic heterocycles. The molecular formula is C13H14F2N2. The highest BCUT2D eigenvalue weighted by atomic mass is 19.1. The summed E-state index contributed by atoms with van der Waals surface area (Å²) in [5, 5.41) is 3.16. The SMILES string of the molecule is CNc1c(C)c(C)nc2c(F)cc(C)c(F)c12. The molecule has 2 nitrogen and oxygen atoms in total. The number of benzene rings is 1. The molecule has 0 bridgehead atoms. The first-order chi connectivity index (χ1) is 7.97. The Morgan fingerprint density at radius 1 is 1.18 bits per heavy atom. The van der Waals surface area contributed by atoms with E-state index < -0.39 is 11.6 Å². The summed E-state index contributed by atoms with van der Waals surface area (Å²) < 4.78 is 27.9. The molecule has 0 aliphatic carbocycles. The van der Waals surface area contributed by atoms with Crippen molar-refractivity contribution >= 4 is 16.6 Å². The van der Waals surface area contributed by atoms with Crippen molar-refractivity contribution < 1.29 is 8.78 Å². The van der Waals surface area contributed by atoms with Crippen LogP contribution in [0.25, 0.3) is 10.9 Å². The minimum Gasteiger partial charge on any atom is -0.387 e. The van der Waals surface area contributed by atoms with Crippen molar-refractivity contribution in [3.8, 4) is 0 Å². The summed E-state index contributed by atoms with van der Waals surface area (Å²) in [4.78, 5) is 4.13. The van der Waals surface area contributed by atoms with Gasteiger partial charge in [-0.25, -0.2) is 13.8 Å². The third-order valence-electron chi connectivity index (χ3n) is 3.07. The highest BCUT2D eigenvalue weighted by Crippen LogP contribution is 2.32. The van der Waals surface area contributed by atoms with E-state index in [9.17, 15) is 8.78 Å². The van der Waals surface area contributed by atoms with Crippen LogP contribution in [0.1, 0.15) is 16.8 Å². The first kappa shape index (κ1) is 11.8. The molecule has 0 radical (unpaired) electrons. The van der Waals surface area contributed by atoms with Gasteiger partial charge in [-0.05, 0) is 38.0 Å². The monoisotopic (exact) mass is 236 g/mol. The third kappa shape index (κ3) is 1.64. The summed E-state index contributed by atoms with van der Waals surface area (Å²) in [7, 11) is 1.70. The zero-order chi connectivity index (χ0) is 12.7. The normalized spacial score (nSPS) is 10.9. The summed E-state index contributed by atoms with van der Waals surface area (Å²) in [6, 6.07) is 1.18. The number of anilines is 1. The number of nitrogens with zero attached hydrogens (tertiary/aromatic N) is 1. The lowest BCUT2D eigenvalue weighted by Crippen LogP contribution is -2.02. The van der Waals surface area contributed by atoms with Crippen LogP contribution in [0.5, 0.6) is 0 Å². The molecule has 0 aliphatic rings. The molecule has 0 saturated heterocycles. The second-order valence-corrected chi connectivity index (χ2v) is 4.16. The molecule has 0 atom stereocenters. The van der Waals surface area contributed by atoms with Crippen LogP contribution in [0.15, 0.2) is 6.07 Å². The van der Waals surface area contributed by atoms with Crippen LogP contribution >= 0.6 is 0 Å². The van der Waals surface area contributed by atoms with Crippen LogP contribution in [0.4, 0.5) is 14.5 Å². The minimum atomic E-state index is -0.487. The molecule has 90 valence electrons. The van der Waals surface area contributed by atoms with Crippen LogP contribution < -0.4 is 5.32 Å². The summed E-state index contributed by atoms with van der Waals surface area (Å²) in [6.07, 6.45) is 0. The zero-order valence-electron chi connectivity index (χ0n) is 10.3. The molecule has 1 N–H and O–H groups in total. The summed E-state index contributed by atoms with van der Waals surface area (Å²) in [6.45, 7) is 5.17. The predicted octanol–water partition coefficient (Wildman–Crippen LogP) is 3.48. The van der Waals surface area contributed by atoms with E-state index in [0.29, 0.717) is 11.4 Å². The number of aromatic nitrogens is 1. The lowest BCUT2D eigenvalue weighted by Gasteiger charge is -2.14. The van der Waals surface area contributed by atoms with E-state index in [-0.39, 0.29) is 16.5 Å². The maximum Gasteiger partial charge on any atom is 0.149 e. The topological polar surface area (TPSA) is 24.9 Å². The highest BCUT2D eigenvalue weighted by Gasteiger charge is 2.17. The molecule has 0 aliphatic heterocycles. The van der Waals surface area contributed by atoms with Gasteiger partial charge in [0.25, 0.3) is 0 Å². The summed E-state index contributed by atoms with van der Waals surface area (Å²) >= 11 is 0. The van der Waals surface area contributed by atoms with Crippen molar-refractivity contribution in [3.63, 3.8) is 0 Å². The predicted molar refractivity (Wildman–Crippen MR) is 65.4 cm³/mol. The molecule has 0 spiro atoms. The van der Waals surface area contributed by atoms with Crippen molar-refractivity contribution in [3.05, 3.63) is 34.5 Å². The van der Waals surface area contributed by atoms with E-state index in [1.165, 1.54) is 6.07 Å². The van der Waals surface area contributed by atoms with Gasteiger partial charge < -0.3 is 5.32 Å². The van der Waals surface area contributed by atoms with E-state index >= 15 is 0 Å². The number of hydrogen-bond donors (Lipinski definition) is 1. The second-order valence-electron chi connectivity index (χ2n) is 4.16. The van der Waals surface area contributed by atoms with Crippen LogP contribution in [-0.2, 0) is 0 Å². The fourth-order valence-corrected chi connectivity index (χ4v) is 2.01. The Morgan fingerprint density at radius 2 is 1.82 bits per heavy atom. The van der Waals surface area contributed by atoms with Gasteiger partial charge in [-0.15, -0.1) is 0 Å². The average Bonchev–Trinajstić information content (AvgIpc) is 2.28. The Morgan fingerprint density at radius 3 is 2.41 bits per heavy atom. The van der Waals surface area contributed by atoms with Crippen molar-refractivity contribution in [2.75, 3.05) is 12.4 Å². The maximum atomic E-state index is 14.1. The molecule has 2 rings (SSSR count). The number of nitrogens with one attached hydrogen (secondary N) is 1. The Hall–Kier alpha value is -1.71. The quantitative estimate of drug-likeness (QED) is 0.820. The molecule has 0 fully saturated rings. The number of fused-ring (bicyclic) bond motifs is 1. The van der Waals surface area contributed by atoms with Gasteiger partial charge in [-0.3, -0.25) is 0 Å². The molecule has 1 heterocycles. The van der Waals surface area contributed by atoms with Gasteiger partial charge in [-0.2, -0.15) is 0 Å². The zero-order valence-corrected chi connectivity index (χ0v) is 10.3. The van der Waals surface area contributed by atoms with Crippen molar-refractivity contribution in [2.45, 2.75) is 20.8 Å². The standard InChI is InChI=1S/C13H14F2N2/c1-6-5-9(14)13-10(11(6)15)12(16-4)7(2)8(3)17-13/h5H,1-4H3,(H,16,17). The first-order valence-electron chi connectivity index (χ1n) is 5.40. The number of rotatable bonds is 1. The van der Waals surface area contributed by atoms with E-state index in [1.807, 2.05) is 6.92 Å². The van der Waals surface area contributed by atoms with Gasteiger partial charge >= 0.3 is 0 Å². The van der Waals surface area contributed by atoms with Gasteiger partial charge in [-0.1, -0.05) is 0 Å². The van der Waals surface area contributed by atoms with Crippen LogP contribution in [0.2, 0.25) is 0 Å². The molecule has 17 heavy (non-hydrogen) atoms. The third-order valence-corrected chi connectivity index (χ3v) is 3.07. The fourth-order valence-electron chi connectivity index (χ4n) is 2.01. The average molecular weight is 236 g/mol. The Kier molecular flexibility index (Phi) is 2.73. The molecule has 0 unspecified atom stereocenters. The van der Waals surface area contributed by atoms with E-state index in [2.05, 4.69) is 10.3 Å². The Labute approximate surface area is 98.7 Å². The van der Waals surface area contributed by atoms with Gasteiger partial charge in [0.2, 0.25) is 0 Å². The Bertz CT molecular complexity index is 606. The smallest absolute Gasteiger partial charge is 0.149 e. The molecular weight excluding hydrogens is 222 g/mol. The number of aryl methyl sites for hydroxylation is 2. The van der Waals surface area contributed by atoms with Gasteiger partial charge in [0, 0.05) is 12.7 Å². The highest BCUT2D eigenvalue weighted by molar-refractivity contribution is 5.94. The molecule has 0 amide bonds. The van der Waals surface area contributed by atoms with Crippen LogP contribution in [0, 0.1) is 32.4 Å². The maximum absolute atomic E-state index is 14.1. The molecule has 0 saturated carbocycles.